The van der Waals surface area contributed by atoms with Gasteiger partial charge < -0.3 is 10.2 Å². The lowest BCUT2D eigenvalue weighted by molar-refractivity contribution is -0.152. The summed E-state index contributed by atoms with van der Waals surface area (Å²) >= 11 is 0. The molecule has 2 fully saturated rings. The first-order valence-corrected chi connectivity index (χ1v) is 8.31. The zero-order valence-corrected chi connectivity index (χ0v) is 14.1. The summed E-state index contributed by atoms with van der Waals surface area (Å²) in [6.45, 7) is 10.9. The smallest absolute Gasteiger partial charge is 0.246 e. The van der Waals surface area contributed by atoms with Crippen LogP contribution in [0, 0.1) is 17.3 Å². The van der Waals surface area contributed by atoms with Crippen LogP contribution in [-0.4, -0.2) is 35.3 Å². The van der Waals surface area contributed by atoms with E-state index in [0.717, 1.165) is 12.5 Å². The van der Waals surface area contributed by atoms with Crippen LogP contribution in [0.4, 0.5) is 0 Å². The van der Waals surface area contributed by atoms with Crippen molar-refractivity contribution in [1.82, 2.24) is 10.2 Å². The van der Waals surface area contributed by atoms with E-state index in [4.69, 9.17) is 0 Å². The summed E-state index contributed by atoms with van der Waals surface area (Å²) in [5.74, 6) is 1.44. The Morgan fingerprint density at radius 3 is 2.19 bits per heavy atom. The summed E-state index contributed by atoms with van der Waals surface area (Å²) in [6.07, 6.45) is 4.85. The fourth-order valence-electron chi connectivity index (χ4n) is 3.45. The van der Waals surface area contributed by atoms with Crippen molar-refractivity contribution in [3.8, 4) is 0 Å². The molecule has 0 aromatic rings. The molecule has 0 bridgehead atoms. The SMILES string of the molecule is CC1CCC(CN2C(=O)C(C(C)(C)C)NC(=O)C2C)CC1. The highest BCUT2D eigenvalue weighted by Gasteiger charge is 2.44. The van der Waals surface area contributed by atoms with E-state index >= 15 is 0 Å². The molecule has 2 aliphatic rings. The third-order valence-electron chi connectivity index (χ3n) is 5.12. The van der Waals surface area contributed by atoms with Gasteiger partial charge >= 0.3 is 0 Å². The third kappa shape index (κ3) is 3.58. The first kappa shape index (κ1) is 16.3. The Labute approximate surface area is 128 Å². The number of nitrogens with zero attached hydrogens (tertiary/aromatic N) is 1. The number of carbonyl (C=O) groups is 2. The van der Waals surface area contributed by atoms with Crippen LogP contribution < -0.4 is 5.32 Å². The highest BCUT2D eigenvalue weighted by molar-refractivity contribution is 5.97. The fraction of sp³-hybridized carbons (Fsp3) is 0.882. The van der Waals surface area contributed by atoms with E-state index in [1.54, 1.807) is 0 Å². The maximum absolute atomic E-state index is 12.8. The van der Waals surface area contributed by atoms with Gasteiger partial charge in [-0.3, -0.25) is 9.59 Å². The number of hydrogen-bond donors (Lipinski definition) is 1. The van der Waals surface area contributed by atoms with Gasteiger partial charge in [0.05, 0.1) is 0 Å². The zero-order chi connectivity index (χ0) is 15.8. The van der Waals surface area contributed by atoms with Crippen LogP contribution in [0.25, 0.3) is 0 Å². The molecule has 1 saturated heterocycles. The summed E-state index contributed by atoms with van der Waals surface area (Å²) < 4.78 is 0. The Bertz CT molecular complexity index is 406. The van der Waals surface area contributed by atoms with Crippen LogP contribution in [0.5, 0.6) is 0 Å². The highest BCUT2D eigenvalue weighted by atomic mass is 16.2. The molecule has 0 aromatic carbocycles. The molecule has 1 saturated carbocycles. The minimum atomic E-state index is -0.399. The average molecular weight is 294 g/mol. The Hall–Kier alpha value is -1.06. The van der Waals surface area contributed by atoms with Crippen molar-refractivity contribution >= 4 is 11.8 Å². The van der Waals surface area contributed by atoms with E-state index in [1.807, 2.05) is 32.6 Å². The lowest BCUT2D eigenvalue weighted by atomic mass is 9.81. The Morgan fingerprint density at radius 1 is 1.10 bits per heavy atom. The van der Waals surface area contributed by atoms with Gasteiger partial charge in [0.1, 0.15) is 12.1 Å². The van der Waals surface area contributed by atoms with Crippen molar-refractivity contribution in [2.24, 2.45) is 17.3 Å². The molecule has 2 atom stereocenters. The molecule has 4 nitrogen and oxygen atoms in total. The molecule has 1 heterocycles. The van der Waals surface area contributed by atoms with Crippen LogP contribution in [0.3, 0.4) is 0 Å². The number of nitrogens with one attached hydrogen (secondary N) is 1. The molecule has 0 spiro atoms. The maximum atomic E-state index is 12.8. The van der Waals surface area contributed by atoms with Gasteiger partial charge in [-0.25, -0.2) is 0 Å². The average Bonchev–Trinajstić information content (AvgIpc) is 2.40. The van der Waals surface area contributed by atoms with Gasteiger partial charge in [-0.1, -0.05) is 40.5 Å². The molecule has 1 aliphatic carbocycles. The first-order valence-electron chi connectivity index (χ1n) is 8.31. The van der Waals surface area contributed by atoms with Crippen molar-refractivity contribution in [3.05, 3.63) is 0 Å². The zero-order valence-electron chi connectivity index (χ0n) is 14.1. The van der Waals surface area contributed by atoms with E-state index in [-0.39, 0.29) is 23.3 Å². The number of rotatable bonds is 2. The predicted molar refractivity (Wildman–Crippen MR) is 83.7 cm³/mol. The van der Waals surface area contributed by atoms with Crippen LogP contribution in [0.2, 0.25) is 0 Å². The van der Waals surface area contributed by atoms with E-state index in [0.29, 0.717) is 5.92 Å². The van der Waals surface area contributed by atoms with E-state index in [9.17, 15) is 9.59 Å². The molecule has 21 heavy (non-hydrogen) atoms. The lowest BCUT2D eigenvalue weighted by Gasteiger charge is -2.44. The van der Waals surface area contributed by atoms with E-state index in [1.165, 1.54) is 25.7 Å². The van der Waals surface area contributed by atoms with Gasteiger partial charge in [0.25, 0.3) is 0 Å². The largest absolute Gasteiger partial charge is 0.342 e. The number of hydrogen-bond acceptors (Lipinski definition) is 2. The van der Waals surface area contributed by atoms with Gasteiger partial charge in [-0.2, -0.15) is 0 Å². The van der Waals surface area contributed by atoms with Crippen LogP contribution in [0.15, 0.2) is 0 Å². The number of piperazine rings is 1. The fourth-order valence-corrected chi connectivity index (χ4v) is 3.45. The second-order valence-corrected chi connectivity index (χ2v) is 8.10. The Kier molecular flexibility index (Phi) is 4.64. The van der Waals surface area contributed by atoms with Crippen LogP contribution in [0.1, 0.15) is 60.3 Å². The predicted octanol–water partition coefficient (Wildman–Crippen LogP) is 2.57. The third-order valence-corrected chi connectivity index (χ3v) is 5.12. The molecule has 0 radical (unpaired) electrons. The second-order valence-electron chi connectivity index (χ2n) is 8.10. The standard InChI is InChI=1S/C17H30N2O2/c1-11-6-8-13(9-7-11)10-19-12(2)15(20)18-14(16(19)21)17(3,4)5/h11-14H,6-10H2,1-5H3,(H,18,20). The summed E-state index contributed by atoms with van der Waals surface area (Å²) in [5.41, 5.74) is -0.244. The maximum Gasteiger partial charge on any atom is 0.246 e. The van der Waals surface area contributed by atoms with Gasteiger partial charge in [-0.05, 0) is 37.0 Å². The summed E-state index contributed by atoms with van der Waals surface area (Å²) in [5, 5.41) is 2.90. The molecule has 1 N–H and O–H groups in total. The van der Waals surface area contributed by atoms with Crippen molar-refractivity contribution in [3.63, 3.8) is 0 Å². The summed E-state index contributed by atoms with van der Waals surface area (Å²) in [4.78, 5) is 26.8. The quantitative estimate of drug-likeness (QED) is 0.851. The first-order chi connectivity index (χ1) is 9.70. The van der Waals surface area contributed by atoms with E-state index in [2.05, 4.69) is 12.2 Å². The highest BCUT2D eigenvalue weighted by Crippen LogP contribution is 2.31. The van der Waals surface area contributed by atoms with Gasteiger partial charge in [0.2, 0.25) is 11.8 Å². The van der Waals surface area contributed by atoms with Crippen molar-refractivity contribution in [2.75, 3.05) is 6.54 Å². The van der Waals surface area contributed by atoms with Gasteiger partial charge in [0, 0.05) is 6.54 Å². The number of amides is 2. The minimum absolute atomic E-state index is 0.0151. The van der Waals surface area contributed by atoms with Crippen molar-refractivity contribution in [2.45, 2.75) is 72.4 Å². The Balaban J connectivity index is 2.08. The topological polar surface area (TPSA) is 49.4 Å². The van der Waals surface area contributed by atoms with Crippen molar-refractivity contribution in [1.29, 1.82) is 0 Å². The molecular weight excluding hydrogens is 264 g/mol. The van der Waals surface area contributed by atoms with E-state index < -0.39 is 6.04 Å². The summed E-state index contributed by atoms with van der Waals surface area (Å²) in [7, 11) is 0. The van der Waals surface area contributed by atoms with Crippen molar-refractivity contribution < 1.29 is 9.59 Å². The van der Waals surface area contributed by atoms with Crippen LogP contribution in [-0.2, 0) is 9.59 Å². The molecule has 1 aliphatic heterocycles. The lowest BCUT2D eigenvalue weighted by Crippen LogP contribution is -2.66. The molecule has 2 unspecified atom stereocenters. The molecule has 120 valence electrons. The normalized spacial score (nSPS) is 34.8. The van der Waals surface area contributed by atoms with Gasteiger partial charge in [-0.15, -0.1) is 0 Å². The Morgan fingerprint density at radius 2 is 1.67 bits per heavy atom. The molecule has 0 aromatic heterocycles. The second kappa shape index (κ2) is 5.98. The van der Waals surface area contributed by atoms with Gasteiger partial charge in [0.15, 0.2) is 0 Å². The molecule has 4 heteroatoms. The number of carbonyl (C=O) groups excluding carboxylic acids is 2. The minimum Gasteiger partial charge on any atom is -0.342 e. The molecule has 2 rings (SSSR count). The summed E-state index contributed by atoms with van der Waals surface area (Å²) in [6, 6.07) is -0.737. The monoisotopic (exact) mass is 294 g/mol. The molecule has 2 amide bonds. The van der Waals surface area contributed by atoms with Crippen LogP contribution >= 0.6 is 0 Å². The molecular formula is C17H30N2O2.